The molecule has 3 N–H and O–H groups in total. The molecule has 4 aromatic heterocycles. The third-order valence-corrected chi connectivity index (χ3v) is 6.00. The molecule has 1 amide bonds. The minimum Gasteiger partial charge on any atom is -0.382 e. The Balaban J connectivity index is 1.27. The maximum atomic E-state index is 13.3. The zero-order chi connectivity index (χ0) is 24.6. The SMILES string of the molecule is O=C1[C@@H]([C@@H](O)c2nc3ccc(-c4ccn[nH]4)cc3c(=O)[nH]2)OCCN1c1ccn(-c2ccncc2)n1. The van der Waals surface area contributed by atoms with E-state index in [1.54, 1.807) is 71.9 Å². The molecule has 6 rings (SSSR count). The van der Waals surface area contributed by atoms with Crippen molar-refractivity contribution in [2.45, 2.75) is 12.2 Å². The highest BCUT2D eigenvalue weighted by molar-refractivity contribution is 5.97. The minimum absolute atomic E-state index is 0.0516. The second-order valence-corrected chi connectivity index (χ2v) is 8.20. The molecule has 1 aromatic carbocycles. The first-order valence-corrected chi connectivity index (χ1v) is 11.2. The molecule has 0 bridgehead atoms. The molecule has 0 radical (unpaired) electrons. The quantitative estimate of drug-likeness (QED) is 0.338. The zero-order valence-electron chi connectivity index (χ0n) is 18.8. The zero-order valence-corrected chi connectivity index (χ0v) is 18.8. The van der Waals surface area contributed by atoms with Crippen LogP contribution in [-0.4, -0.2) is 65.2 Å². The number of rotatable bonds is 5. The van der Waals surface area contributed by atoms with Crippen molar-refractivity contribution >= 4 is 22.6 Å². The molecule has 5 aromatic rings. The second-order valence-electron chi connectivity index (χ2n) is 8.20. The fourth-order valence-corrected chi connectivity index (χ4v) is 4.18. The van der Waals surface area contributed by atoms with Crippen molar-refractivity contribution in [2.24, 2.45) is 0 Å². The molecule has 1 saturated heterocycles. The van der Waals surface area contributed by atoms with Gasteiger partial charge in [0.15, 0.2) is 11.9 Å². The number of hydrogen-bond donors (Lipinski definition) is 3. The molecule has 36 heavy (non-hydrogen) atoms. The normalized spacial score (nSPS) is 17.0. The van der Waals surface area contributed by atoms with Crippen LogP contribution in [0.15, 0.2) is 72.0 Å². The molecule has 1 aliphatic heterocycles. The van der Waals surface area contributed by atoms with Gasteiger partial charge in [-0.3, -0.25) is 24.6 Å². The van der Waals surface area contributed by atoms with Crippen LogP contribution >= 0.6 is 0 Å². The highest BCUT2D eigenvalue weighted by Gasteiger charge is 2.38. The second kappa shape index (κ2) is 8.83. The Kier molecular flexibility index (Phi) is 5.36. The molecule has 5 heterocycles. The molecule has 12 heteroatoms. The largest absolute Gasteiger partial charge is 0.382 e. The van der Waals surface area contributed by atoms with Crippen LogP contribution in [0.2, 0.25) is 0 Å². The number of carbonyl (C=O) groups is 1. The summed E-state index contributed by atoms with van der Waals surface area (Å²) in [6.45, 7) is 0.453. The third-order valence-electron chi connectivity index (χ3n) is 6.00. The Morgan fingerprint density at radius 2 is 1.94 bits per heavy atom. The maximum Gasteiger partial charge on any atom is 0.260 e. The standard InChI is InChI=1S/C24H20N8O4/c33-20(22-27-18-2-1-14(17-5-9-26-29-17)13-16(18)23(34)28-22)21-24(35)31(11-12-36-21)19-6-10-32(30-19)15-3-7-25-8-4-15/h1-10,13,20-21,33H,11-12H2,(H,26,29)(H,27,28,34)/t20-,21-/m1/s1. The summed E-state index contributed by atoms with van der Waals surface area (Å²) in [5.74, 6) is -0.112. The van der Waals surface area contributed by atoms with Crippen molar-refractivity contribution in [2.75, 3.05) is 18.1 Å². The summed E-state index contributed by atoms with van der Waals surface area (Å²) in [6.07, 6.45) is 3.92. The van der Waals surface area contributed by atoms with Crippen molar-refractivity contribution in [3.8, 4) is 16.9 Å². The van der Waals surface area contributed by atoms with Gasteiger partial charge >= 0.3 is 0 Å². The smallest absolute Gasteiger partial charge is 0.260 e. The summed E-state index contributed by atoms with van der Waals surface area (Å²) in [5.41, 5.74) is 2.27. The van der Waals surface area contributed by atoms with Crippen LogP contribution < -0.4 is 10.5 Å². The van der Waals surface area contributed by atoms with Crippen molar-refractivity contribution in [3.05, 3.63) is 83.4 Å². The summed E-state index contributed by atoms with van der Waals surface area (Å²) in [4.78, 5) is 38.5. The van der Waals surface area contributed by atoms with E-state index in [1.807, 2.05) is 0 Å². The van der Waals surface area contributed by atoms with E-state index in [0.717, 1.165) is 16.9 Å². The number of amides is 1. The van der Waals surface area contributed by atoms with Crippen molar-refractivity contribution < 1.29 is 14.6 Å². The lowest BCUT2D eigenvalue weighted by Crippen LogP contribution is -2.50. The van der Waals surface area contributed by atoms with E-state index >= 15 is 0 Å². The lowest BCUT2D eigenvalue weighted by molar-refractivity contribution is -0.143. The van der Waals surface area contributed by atoms with E-state index in [1.165, 1.54) is 4.90 Å². The summed E-state index contributed by atoms with van der Waals surface area (Å²) in [7, 11) is 0. The number of pyridine rings is 1. The number of benzene rings is 1. The van der Waals surface area contributed by atoms with Gasteiger partial charge in [0.2, 0.25) is 0 Å². The Bertz CT molecular complexity index is 1600. The van der Waals surface area contributed by atoms with Crippen molar-refractivity contribution in [1.29, 1.82) is 0 Å². The van der Waals surface area contributed by atoms with Crippen LogP contribution in [0.5, 0.6) is 0 Å². The fraction of sp³-hybridized carbons (Fsp3) is 0.167. The van der Waals surface area contributed by atoms with Gasteiger partial charge in [0.25, 0.3) is 11.5 Å². The monoisotopic (exact) mass is 484 g/mol. The van der Waals surface area contributed by atoms with Gasteiger partial charge in [-0.05, 0) is 30.3 Å². The van der Waals surface area contributed by atoms with Gasteiger partial charge in [0, 0.05) is 36.4 Å². The Labute approximate surface area is 203 Å². The average Bonchev–Trinajstić information content (AvgIpc) is 3.62. The number of ether oxygens (including phenoxy) is 1. The molecule has 0 spiro atoms. The number of morpholine rings is 1. The highest BCUT2D eigenvalue weighted by atomic mass is 16.5. The number of nitrogens with one attached hydrogen (secondary N) is 2. The topological polar surface area (TPSA) is 155 Å². The van der Waals surface area contributed by atoms with E-state index < -0.39 is 23.7 Å². The fourth-order valence-electron chi connectivity index (χ4n) is 4.18. The lowest BCUT2D eigenvalue weighted by Gasteiger charge is -2.32. The van der Waals surface area contributed by atoms with Gasteiger partial charge in [-0.1, -0.05) is 6.07 Å². The Morgan fingerprint density at radius 1 is 1.08 bits per heavy atom. The molecule has 0 aliphatic carbocycles. The van der Waals surface area contributed by atoms with Crippen LogP contribution in [-0.2, 0) is 9.53 Å². The number of aliphatic hydroxyl groups is 1. The lowest BCUT2D eigenvalue weighted by atomic mass is 10.1. The highest BCUT2D eigenvalue weighted by Crippen LogP contribution is 2.26. The van der Waals surface area contributed by atoms with Gasteiger partial charge in [-0.25, -0.2) is 9.67 Å². The summed E-state index contributed by atoms with van der Waals surface area (Å²) >= 11 is 0. The van der Waals surface area contributed by atoms with Gasteiger partial charge in [-0.15, -0.1) is 5.10 Å². The predicted molar refractivity (Wildman–Crippen MR) is 128 cm³/mol. The summed E-state index contributed by atoms with van der Waals surface area (Å²) < 4.78 is 7.24. The van der Waals surface area contributed by atoms with E-state index in [9.17, 15) is 14.7 Å². The Hall–Kier alpha value is -4.68. The van der Waals surface area contributed by atoms with Crippen molar-refractivity contribution in [1.82, 2.24) is 34.9 Å². The Morgan fingerprint density at radius 3 is 2.75 bits per heavy atom. The van der Waals surface area contributed by atoms with E-state index in [2.05, 4.69) is 30.2 Å². The first-order chi connectivity index (χ1) is 17.6. The number of anilines is 1. The van der Waals surface area contributed by atoms with E-state index in [-0.39, 0.29) is 19.0 Å². The van der Waals surface area contributed by atoms with Crippen molar-refractivity contribution in [3.63, 3.8) is 0 Å². The third kappa shape index (κ3) is 3.83. The number of aromatic nitrogens is 7. The van der Waals surface area contributed by atoms with Crippen LogP contribution in [0.1, 0.15) is 11.9 Å². The average molecular weight is 484 g/mol. The molecular weight excluding hydrogens is 464 g/mol. The molecule has 12 nitrogen and oxygen atoms in total. The van der Waals surface area contributed by atoms with Crippen LogP contribution in [0.3, 0.4) is 0 Å². The summed E-state index contributed by atoms with van der Waals surface area (Å²) in [6, 6.07) is 12.3. The first kappa shape index (κ1) is 21.8. The van der Waals surface area contributed by atoms with Crippen LogP contribution in [0.25, 0.3) is 27.8 Å². The maximum absolute atomic E-state index is 13.3. The van der Waals surface area contributed by atoms with Gasteiger partial charge < -0.3 is 14.8 Å². The van der Waals surface area contributed by atoms with Crippen LogP contribution in [0.4, 0.5) is 5.82 Å². The van der Waals surface area contributed by atoms with E-state index in [4.69, 9.17) is 4.74 Å². The first-order valence-electron chi connectivity index (χ1n) is 11.2. The molecule has 1 aliphatic rings. The number of fused-ring (bicyclic) bond motifs is 1. The number of aromatic amines is 2. The molecular formula is C24H20N8O4. The van der Waals surface area contributed by atoms with Gasteiger partial charge in [-0.2, -0.15) is 5.10 Å². The number of nitrogens with zero attached hydrogens (tertiary/aromatic N) is 6. The molecule has 180 valence electrons. The van der Waals surface area contributed by atoms with E-state index in [0.29, 0.717) is 16.7 Å². The van der Waals surface area contributed by atoms with Gasteiger partial charge in [0.05, 0.1) is 35.4 Å². The molecule has 0 saturated carbocycles. The number of aliphatic hydroxyl groups excluding tert-OH is 1. The van der Waals surface area contributed by atoms with Crippen LogP contribution in [0, 0.1) is 0 Å². The number of hydrogen-bond acceptors (Lipinski definition) is 8. The molecule has 2 atom stereocenters. The molecule has 1 fully saturated rings. The predicted octanol–water partition coefficient (Wildman–Crippen LogP) is 1.36. The van der Waals surface area contributed by atoms with Gasteiger partial charge in [0.1, 0.15) is 11.9 Å². The number of H-pyrrole nitrogens is 2. The number of carbonyl (C=O) groups excluding carboxylic acids is 1. The summed E-state index contributed by atoms with van der Waals surface area (Å²) in [5, 5.41) is 22.6. The molecule has 0 unspecified atom stereocenters. The minimum atomic E-state index is -1.48.